The van der Waals surface area contributed by atoms with Gasteiger partial charge in [-0.1, -0.05) is 30.7 Å². The summed E-state index contributed by atoms with van der Waals surface area (Å²) in [7, 11) is 0. The van der Waals surface area contributed by atoms with Crippen LogP contribution in [-0.4, -0.2) is 27.9 Å². The molecule has 0 amide bonds. The van der Waals surface area contributed by atoms with Gasteiger partial charge in [0.05, 0.1) is 22.6 Å². The second-order valence-corrected chi connectivity index (χ2v) is 9.18. The minimum absolute atomic E-state index is 0.0157. The summed E-state index contributed by atoms with van der Waals surface area (Å²) < 4.78 is 8.16. The number of allylic oxidation sites excluding steroid dienone is 1. The Bertz CT molecular complexity index is 1140. The van der Waals surface area contributed by atoms with Crippen molar-refractivity contribution in [2.75, 3.05) is 11.6 Å². The average molecular weight is 434 g/mol. The highest BCUT2D eigenvalue weighted by Gasteiger charge is 2.36. The minimum Gasteiger partial charge on any atom is -0.459 e. The van der Waals surface area contributed by atoms with Crippen molar-refractivity contribution >= 4 is 34.7 Å². The van der Waals surface area contributed by atoms with Crippen LogP contribution in [0.1, 0.15) is 50.6 Å². The molecule has 0 unspecified atom stereocenters. The quantitative estimate of drug-likeness (QED) is 0.409. The number of rotatable bonds is 4. The highest BCUT2D eigenvalue weighted by atomic mass is 32.2. The van der Waals surface area contributed by atoms with E-state index >= 15 is 0 Å². The normalized spacial score (nSPS) is 19.2. The van der Waals surface area contributed by atoms with Crippen molar-refractivity contribution in [3.05, 3.63) is 65.4 Å². The van der Waals surface area contributed by atoms with E-state index in [0.29, 0.717) is 5.57 Å². The number of carbonyl (C=O) groups excluding carboxylic acids is 1. The molecular formula is C25H27N3O2S. The maximum absolute atomic E-state index is 13.5. The molecule has 1 fully saturated rings. The molecule has 6 heteroatoms. The number of fused-ring (bicyclic) bond motifs is 3. The molecule has 1 aliphatic carbocycles. The Morgan fingerprint density at radius 1 is 1.10 bits per heavy atom. The van der Waals surface area contributed by atoms with Crippen LogP contribution in [0, 0.1) is 0 Å². The summed E-state index contributed by atoms with van der Waals surface area (Å²) in [6.07, 6.45) is 7.48. The summed E-state index contributed by atoms with van der Waals surface area (Å²) in [5.41, 5.74) is 4.43. The summed E-state index contributed by atoms with van der Waals surface area (Å²) in [6, 6.07) is 16.2. The van der Waals surface area contributed by atoms with Gasteiger partial charge in [0.25, 0.3) is 0 Å². The van der Waals surface area contributed by atoms with Crippen molar-refractivity contribution in [3.63, 3.8) is 0 Å². The van der Waals surface area contributed by atoms with Gasteiger partial charge in [-0.25, -0.2) is 9.78 Å². The first-order chi connectivity index (χ1) is 15.2. The van der Waals surface area contributed by atoms with Crippen LogP contribution in [0.5, 0.6) is 0 Å². The third-order valence-corrected chi connectivity index (χ3v) is 7.05. The number of thioether (sulfide) groups is 1. The number of imidazole rings is 1. The second-order valence-electron chi connectivity index (χ2n) is 8.30. The molecule has 1 N–H and O–H groups in total. The predicted octanol–water partition coefficient (Wildman–Crippen LogP) is 5.92. The van der Waals surface area contributed by atoms with E-state index in [2.05, 4.69) is 46.5 Å². The second kappa shape index (κ2) is 8.42. The Balaban J connectivity index is 1.61. The van der Waals surface area contributed by atoms with Crippen LogP contribution in [0.4, 0.5) is 5.95 Å². The lowest BCUT2D eigenvalue weighted by Gasteiger charge is -2.31. The van der Waals surface area contributed by atoms with Crippen LogP contribution in [-0.2, 0) is 9.53 Å². The van der Waals surface area contributed by atoms with E-state index in [0.717, 1.165) is 53.9 Å². The third kappa shape index (κ3) is 3.74. The van der Waals surface area contributed by atoms with Gasteiger partial charge >= 0.3 is 5.97 Å². The first-order valence-electron chi connectivity index (χ1n) is 11.0. The molecule has 5 rings (SSSR count). The number of esters is 1. The number of aromatic nitrogens is 2. The molecule has 0 bridgehead atoms. The molecule has 1 saturated carbocycles. The molecule has 31 heavy (non-hydrogen) atoms. The largest absolute Gasteiger partial charge is 0.459 e. The van der Waals surface area contributed by atoms with Crippen molar-refractivity contribution in [3.8, 4) is 0 Å². The zero-order valence-electron chi connectivity index (χ0n) is 17.9. The standard InChI is InChI=1S/C25H27N3O2S/c1-16-22(24(29)30-18-8-4-3-5-9-18)23(17-12-14-19(31-2)15-13-17)28-21-11-7-6-10-20(21)27-25(28)26-16/h6-7,10-15,18,23H,3-5,8-9H2,1-2H3,(H,26,27)/t23-/m1/s1. The van der Waals surface area contributed by atoms with E-state index in [1.807, 2.05) is 25.1 Å². The molecule has 5 nitrogen and oxygen atoms in total. The zero-order valence-corrected chi connectivity index (χ0v) is 18.7. The Labute approximate surface area is 186 Å². The zero-order chi connectivity index (χ0) is 21.4. The highest BCUT2D eigenvalue weighted by Crippen LogP contribution is 2.40. The van der Waals surface area contributed by atoms with Gasteiger partial charge < -0.3 is 10.1 Å². The number of carbonyl (C=O) groups is 1. The Hall–Kier alpha value is -2.73. The number of anilines is 1. The number of ether oxygens (including phenoxy) is 1. The Morgan fingerprint density at radius 2 is 1.84 bits per heavy atom. The number of nitrogens with one attached hydrogen (secondary N) is 1. The molecule has 2 aromatic carbocycles. The van der Waals surface area contributed by atoms with Crippen LogP contribution < -0.4 is 5.32 Å². The van der Waals surface area contributed by atoms with Crippen molar-refractivity contribution in [1.29, 1.82) is 0 Å². The number of benzene rings is 2. The van der Waals surface area contributed by atoms with Gasteiger partial charge in [0.1, 0.15) is 6.10 Å². The highest BCUT2D eigenvalue weighted by molar-refractivity contribution is 7.98. The number of nitrogens with zero attached hydrogens (tertiary/aromatic N) is 2. The van der Waals surface area contributed by atoms with Crippen LogP contribution >= 0.6 is 11.8 Å². The van der Waals surface area contributed by atoms with Crippen LogP contribution in [0.25, 0.3) is 11.0 Å². The van der Waals surface area contributed by atoms with Crippen LogP contribution in [0.15, 0.2) is 64.7 Å². The molecule has 3 aromatic rings. The van der Waals surface area contributed by atoms with E-state index < -0.39 is 0 Å². The Morgan fingerprint density at radius 3 is 2.58 bits per heavy atom. The lowest BCUT2D eigenvalue weighted by molar-refractivity contribution is -0.146. The molecule has 0 saturated heterocycles. The first kappa shape index (κ1) is 20.2. The van der Waals surface area contributed by atoms with E-state index in [1.165, 1.54) is 11.3 Å². The van der Waals surface area contributed by atoms with E-state index in [-0.39, 0.29) is 18.1 Å². The summed E-state index contributed by atoms with van der Waals surface area (Å²) >= 11 is 1.71. The van der Waals surface area contributed by atoms with E-state index in [4.69, 9.17) is 9.72 Å². The third-order valence-electron chi connectivity index (χ3n) is 6.31. The van der Waals surface area contributed by atoms with Crippen LogP contribution in [0.2, 0.25) is 0 Å². The maximum atomic E-state index is 13.5. The van der Waals surface area contributed by atoms with Gasteiger partial charge in [-0.3, -0.25) is 4.57 Å². The van der Waals surface area contributed by atoms with Gasteiger partial charge in [0, 0.05) is 10.6 Å². The SMILES string of the molecule is CSc1ccc([C@@H]2C(C(=O)OC3CCCCC3)=C(C)Nc3nc4ccccc4n32)cc1. The van der Waals surface area contributed by atoms with Gasteiger partial charge in [0.2, 0.25) is 5.95 Å². The van der Waals surface area contributed by atoms with E-state index in [1.54, 1.807) is 11.8 Å². The van der Waals surface area contributed by atoms with Gasteiger partial charge in [-0.15, -0.1) is 11.8 Å². The lowest BCUT2D eigenvalue weighted by atomic mass is 9.94. The van der Waals surface area contributed by atoms with Crippen molar-refractivity contribution in [2.45, 2.75) is 56.1 Å². The molecule has 2 aliphatic rings. The van der Waals surface area contributed by atoms with Crippen LogP contribution in [0.3, 0.4) is 0 Å². The predicted molar refractivity (Wildman–Crippen MR) is 125 cm³/mol. The number of para-hydroxylation sites is 2. The fourth-order valence-corrected chi connectivity index (χ4v) is 5.14. The summed E-state index contributed by atoms with van der Waals surface area (Å²) in [6.45, 7) is 1.95. The van der Waals surface area contributed by atoms with Gasteiger partial charge in [-0.2, -0.15) is 0 Å². The number of hydrogen-bond donors (Lipinski definition) is 1. The van der Waals surface area contributed by atoms with Crippen molar-refractivity contribution < 1.29 is 9.53 Å². The summed E-state index contributed by atoms with van der Waals surface area (Å²) in [5.74, 6) is 0.533. The van der Waals surface area contributed by atoms with Gasteiger partial charge in [-0.05, 0) is 68.7 Å². The molecule has 1 aliphatic heterocycles. The molecular weight excluding hydrogens is 406 g/mol. The fourth-order valence-electron chi connectivity index (χ4n) is 4.73. The molecule has 160 valence electrons. The van der Waals surface area contributed by atoms with E-state index in [9.17, 15) is 4.79 Å². The monoisotopic (exact) mass is 433 g/mol. The molecule has 0 radical (unpaired) electrons. The summed E-state index contributed by atoms with van der Waals surface area (Å²) in [5, 5.41) is 3.37. The smallest absolute Gasteiger partial charge is 0.338 e. The lowest BCUT2D eigenvalue weighted by Crippen LogP contribution is -2.31. The fraction of sp³-hybridized carbons (Fsp3) is 0.360. The molecule has 1 aromatic heterocycles. The maximum Gasteiger partial charge on any atom is 0.338 e. The summed E-state index contributed by atoms with van der Waals surface area (Å²) in [4.78, 5) is 19.5. The van der Waals surface area contributed by atoms with Gasteiger partial charge in [0.15, 0.2) is 0 Å². The Kier molecular flexibility index (Phi) is 5.48. The average Bonchev–Trinajstić information content (AvgIpc) is 3.16. The minimum atomic E-state index is -0.282. The first-order valence-corrected chi connectivity index (χ1v) is 12.2. The molecule has 2 heterocycles. The molecule has 0 spiro atoms. The van der Waals surface area contributed by atoms with Crippen molar-refractivity contribution in [2.24, 2.45) is 0 Å². The van der Waals surface area contributed by atoms with Crippen molar-refractivity contribution in [1.82, 2.24) is 9.55 Å². The molecule has 1 atom stereocenters. The number of hydrogen-bond acceptors (Lipinski definition) is 5. The topological polar surface area (TPSA) is 56.1 Å².